The van der Waals surface area contributed by atoms with E-state index >= 15 is 0 Å². The van der Waals surface area contributed by atoms with Crippen LogP contribution in [0.3, 0.4) is 0 Å². The van der Waals surface area contributed by atoms with Crippen molar-refractivity contribution in [1.29, 1.82) is 0 Å². The fraction of sp³-hybridized carbons (Fsp3) is 0.929. The molecule has 2 aliphatic carbocycles. The summed E-state index contributed by atoms with van der Waals surface area (Å²) in [5, 5.41) is 9.94. The van der Waals surface area contributed by atoms with Gasteiger partial charge in [0.2, 0.25) is 0 Å². The standard InChI is InChI=1S/C14H24O2/c1-14(2,3)13(16)12(15)8-11-7-9-4-5-10(11)6-9/h9-11,13,16H,4-8H2,1-3H3. The Kier molecular flexibility index (Phi) is 3.13. The molecule has 0 heterocycles. The Morgan fingerprint density at radius 2 is 2.00 bits per heavy atom. The van der Waals surface area contributed by atoms with Crippen molar-refractivity contribution in [3.8, 4) is 0 Å². The Morgan fingerprint density at radius 1 is 1.31 bits per heavy atom. The van der Waals surface area contributed by atoms with Crippen molar-refractivity contribution < 1.29 is 9.90 Å². The van der Waals surface area contributed by atoms with Gasteiger partial charge in [-0.05, 0) is 42.4 Å². The zero-order chi connectivity index (χ0) is 11.9. The summed E-state index contributed by atoms with van der Waals surface area (Å²) in [7, 11) is 0. The van der Waals surface area contributed by atoms with E-state index in [2.05, 4.69) is 0 Å². The summed E-state index contributed by atoms with van der Waals surface area (Å²) in [5.74, 6) is 2.30. The van der Waals surface area contributed by atoms with Crippen LogP contribution in [0.15, 0.2) is 0 Å². The van der Waals surface area contributed by atoms with E-state index in [1.54, 1.807) is 0 Å². The van der Waals surface area contributed by atoms with E-state index in [0.29, 0.717) is 12.3 Å². The van der Waals surface area contributed by atoms with E-state index in [1.807, 2.05) is 20.8 Å². The summed E-state index contributed by atoms with van der Waals surface area (Å²) >= 11 is 0. The van der Waals surface area contributed by atoms with Gasteiger partial charge in [-0.15, -0.1) is 0 Å². The number of carbonyl (C=O) groups excluding carboxylic acids is 1. The minimum atomic E-state index is -0.786. The molecule has 2 aliphatic rings. The molecule has 4 atom stereocenters. The van der Waals surface area contributed by atoms with E-state index in [9.17, 15) is 9.90 Å². The number of aliphatic hydroxyl groups is 1. The molecular formula is C14H24O2. The van der Waals surface area contributed by atoms with Gasteiger partial charge in [0, 0.05) is 6.42 Å². The monoisotopic (exact) mass is 224 g/mol. The lowest BCUT2D eigenvalue weighted by Gasteiger charge is -2.27. The summed E-state index contributed by atoms with van der Waals surface area (Å²) < 4.78 is 0. The van der Waals surface area contributed by atoms with Crippen molar-refractivity contribution in [1.82, 2.24) is 0 Å². The minimum Gasteiger partial charge on any atom is -0.385 e. The summed E-state index contributed by atoms with van der Waals surface area (Å²) in [4.78, 5) is 12.0. The predicted molar refractivity (Wildman–Crippen MR) is 64.0 cm³/mol. The molecule has 2 nitrogen and oxygen atoms in total. The molecule has 0 aromatic rings. The Hall–Kier alpha value is -0.370. The molecule has 0 aromatic carbocycles. The van der Waals surface area contributed by atoms with Gasteiger partial charge in [-0.25, -0.2) is 0 Å². The van der Waals surface area contributed by atoms with Gasteiger partial charge in [0.1, 0.15) is 6.10 Å². The van der Waals surface area contributed by atoms with Crippen LogP contribution in [0.4, 0.5) is 0 Å². The fourth-order valence-electron chi connectivity index (χ4n) is 3.48. The highest BCUT2D eigenvalue weighted by Crippen LogP contribution is 2.49. The molecule has 2 saturated carbocycles. The maximum absolute atomic E-state index is 12.0. The van der Waals surface area contributed by atoms with E-state index in [0.717, 1.165) is 11.8 Å². The van der Waals surface area contributed by atoms with Crippen LogP contribution in [0, 0.1) is 23.2 Å². The summed E-state index contributed by atoms with van der Waals surface area (Å²) in [6.45, 7) is 5.78. The Bertz CT molecular complexity index is 277. The third kappa shape index (κ3) is 2.32. The number of hydrogen-bond donors (Lipinski definition) is 1. The van der Waals surface area contributed by atoms with Crippen LogP contribution in [0.5, 0.6) is 0 Å². The van der Waals surface area contributed by atoms with Crippen LogP contribution in [0.1, 0.15) is 52.9 Å². The predicted octanol–water partition coefficient (Wildman–Crippen LogP) is 2.79. The lowest BCUT2D eigenvalue weighted by Crippen LogP contribution is -2.35. The van der Waals surface area contributed by atoms with Crippen molar-refractivity contribution in [3.63, 3.8) is 0 Å². The van der Waals surface area contributed by atoms with Crippen molar-refractivity contribution in [2.45, 2.75) is 59.0 Å². The first-order valence-electron chi connectivity index (χ1n) is 6.58. The van der Waals surface area contributed by atoms with Gasteiger partial charge in [-0.2, -0.15) is 0 Å². The summed E-state index contributed by atoms with van der Waals surface area (Å²) in [6.07, 6.45) is 5.08. The molecule has 92 valence electrons. The normalized spacial score (nSPS) is 35.4. The molecular weight excluding hydrogens is 200 g/mol. The van der Waals surface area contributed by atoms with Crippen LogP contribution in [-0.2, 0) is 4.79 Å². The van der Waals surface area contributed by atoms with Crippen LogP contribution in [-0.4, -0.2) is 17.0 Å². The molecule has 1 N–H and O–H groups in total. The average molecular weight is 224 g/mol. The maximum atomic E-state index is 12.0. The molecule has 16 heavy (non-hydrogen) atoms. The third-order valence-corrected chi connectivity index (χ3v) is 4.47. The second kappa shape index (κ2) is 4.14. The molecule has 0 aromatic heterocycles. The maximum Gasteiger partial charge on any atom is 0.162 e. The first-order chi connectivity index (χ1) is 7.38. The second-order valence-electron chi connectivity index (χ2n) is 6.87. The van der Waals surface area contributed by atoms with Crippen LogP contribution in [0.2, 0.25) is 0 Å². The fourth-order valence-corrected chi connectivity index (χ4v) is 3.48. The highest BCUT2D eigenvalue weighted by molar-refractivity contribution is 5.83. The summed E-state index contributed by atoms with van der Waals surface area (Å²) in [6, 6.07) is 0. The van der Waals surface area contributed by atoms with Gasteiger partial charge in [0.25, 0.3) is 0 Å². The van der Waals surface area contributed by atoms with Gasteiger partial charge in [-0.1, -0.05) is 27.2 Å². The quantitative estimate of drug-likeness (QED) is 0.800. The van der Waals surface area contributed by atoms with E-state index in [1.165, 1.54) is 25.7 Å². The molecule has 0 radical (unpaired) electrons. The van der Waals surface area contributed by atoms with Gasteiger partial charge in [0.05, 0.1) is 0 Å². The van der Waals surface area contributed by atoms with Crippen LogP contribution in [0.25, 0.3) is 0 Å². The smallest absolute Gasteiger partial charge is 0.162 e. The number of fused-ring (bicyclic) bond motifs is 2. The SMILES string of the molecule is CC(C)(C)C(O)C(=O)CC1CC2CCC1C2. The van der Waals surface area contributed by atoms with Gasteiger partial charge in [-0.3, -0.25) is 4.79 Å². The highest BCUT2D eigenvalue weighted by atomic mass is 16.3. The number of rotatable bonds is 3. The molecule has 2 rings (SSSR count). The van der Waals surface area contributed by atoms with Crippen molar-refractivity contribution in [2.75, 3.05) is 0 Å². The molecule has 0 amide bonds. The average Bonchev–Trinajstić information content (AvgIpc) is 2.76. The lowest BCUT2D eigenvalue weighted by molar-refractivity contribution is -0.133. The van der Waals surface area contributed by atoms with Crippen LogP contribution < -0.4 is 0 Å². The minimum absolute atomic E-state index is 0.0602. The molecule has 2 fully saturated rings. The topological polar surface area (TPSA) is 37.3 Å². The lowest BCUT2D eigenvalue weighted by atomic mass is 9.80. The Labute approximate surface area is 98.4 Å². The van der Waals surface area contributed by atoms with Gasteiger partial charge in [0.15, 0.2) is 5.78 Å². The number of aliphatic hydroxyl groups excluding tert-OH is 1. The molecule has 2 bridgehead atoms. The van der Waals surface area contributed by atoms with Gasteiger partial charge < -0.3 is 5.11 Å². The molecule has 0 spiro atoms. The zero-order valence-electron chi connectivity index (χ0n) is 10.7. The second-order valence-corrected chi connectivity index (χ2v) is 6.87. The molecule has 4 unspecified atom stereocenters. The number of Topliss-reactive ketones (excluding diaryl/α,β-unsaturated/α-hetero) is 1. The molecule has 2 heteroatoms. The van der Waals surface area contributed by atoms with E-state index in [-0.39, 0.29) is 11.2 Å². The van der Waals surface area contributed by atoms with Crippen molar-refractivity contribution in [2.24, 2.45) is 23.2 Å². The van der Waals surface area contributed by atoms with E-state index in [4.69, 9.17) is 0 Å². The van der Waals surface area contributed by atoms with Crippen molar-refractivity contribution in [3.05, 3.63) is 0 Å². The molecule has 0 saturated heterocycles. The number of ketones is 1. The largest absolute Gasteiger partial charge is 0.385 e. The third-order valence-electron chi connectivity index (χ3n) is 4.47. The van der Waals surface area contributed by atoms with Crippen LogP contribution >= 0.6 is 0 Å². The first-order valence-corrected chi connectivity index (χ1v) is 6.58. The number of hydrogen-bond acceptors (Lipinski definition) is 2. The Morgan fingerprint density at radius 3 is 2.44 bits per heavy atom. The van der Waals surface area contributed by atoms with E-state index < -0.39 is 6.10 Å². The zero-order valence-corrected chi connectivity index (χ0v) is 10.7. The highest BCUT2D eigenvalue weighted by Gasteiger charge is 2.41. The number of carbonyl (C=O) groups is 1. The Balaban J connectivity index is 1.88. The summed E-state index contributed by atoms with van der Waals surface area (Å²) in [5.41, 5.74) is -0.311. The van der Waals surface area contributed by atoms with Crippen molar-refractivity contribution >= 4 is 5.78 Å². The molecule has 0 aliphatic heterocycles. The van der Waals surface area contributed by atoms with Gasteiger partial charge >= 0.3 is 0 Å². The first kappa shape index (κ1) is 12.1.